The summed E-state index contributed by atoms with van der Waals surface area (Å²) in [5, 5.41) is 51.9. The number of Topliss-reactive ketones (excluding diaryl/α,β-unsaturated/α-hetero) is 3. The van der Waals surface area contributed by atoms with Gasteiger partial charge in [0.15, 0.2) is 11.6 Å². The van der Waals surface area contributed by atoms with Crippen LogP contribution in [0, 0.1) is 121 Å². The fraction of sp³-hybridized carbons (Fsp3) is 0.761. The molecule has 12 fully saturated rings. The first-order valence-corrected chi connectivity index (χ1v) is 42.4. The van der Waals surface area contributed by atoms with E-state index >= 15 is 0 Å². The zero-order chi connectivity index (χ0) is 74.4. The highest BCUT2D eigenvalue weighted by Crippen LogP contribution is 2.72. The topological polar surface area (TPSA) is 243 Å². The first-order valence-electron chi connectivity index (χ1n) is 41.3. The van der Waals surface area contributed by atoms with E-state index in [2.05, 4.69) is 72.0 Å². The number of aromatic nitrogens is 9. The average molecular weight is 1540 g/mol. The summed E-state index contributed by atoms with van der Waals surface area (Å²) in [7, 11) is 5.57. The van der Waals surface area contributed by atoms with Crippen molar-refractivity contribution in [3.8, 4) is 0 Å². The zero-order valence-corrected chi connectivity index (χ0v) is 66.8. The molecule has 0 radical (unpaired) electrons. The maximum absolute atomic E-state index is 13.7. The van der Waals surface area contributed by atoms with Crippen molar-refractivity contribution in [2.45, 2.75) is 252 Å². The molecule has 19 heteroatoms. The third kappa shape index (κ3) is 14.1. The fourth-order valence-electron chi connectivity index (χ4n) is 28.4. The molecule has 0 spiro atoms. The van der Waals surface area contributed by atoms with Crippen molar-refractivity contribution in [2.24, 2.45) is 121 Å². The van der Waals surface area contributed by atoms with Gasteiger partial charge in [0.25, 0.3) is 0 Å². The Balaban J connectivity index is 0.000000127. The van der Waals surface area contributed by atoms with Crippen LogP contribution in [0.2, 0.25) is 0 Å². The molecule has 0 unspecified atom stereocenters. The summed E-state index contributed by atoms with van der Waals surface area (Å²) in [5.74, 6) is 9.37. The Kier molecular flexibility index (Phi) is 22.5. The van der Waals surface area contributed by atoms with E-state index in [1.165, 1.54) is 83.5 Å². The first-order chi connectivity index (χ1) is 50.8. The average Bonchev–Trinajstić information content (AvgIpc) is 1.71. The molecular formula is C88H128BrN9O9. The van der Waals surface area contributed by atoms with E-state index in [4.69, 9.17) is 14.2 Å². The van der Waals surface area contributed by atoms with Gasteiger partial charge in [-0.1, -0.05) is 44.1 Å². The van der Waals surface area contributed by atoms with Crippen molar-refractivity contribution < 1.29 is 43.9 Å². The second-order valence-corrected chi connectivity index (χ2v) is 39.0. The molecule has 0 saturated heterocycles. The highest BCUT2D eigenvalue weighted by molar-refractivity contribution is 9.09. The maximum Gasteiger partial charge on any atom is 0.157 e. The van der Waals surface area contributed by atoms with Gasteiger partial charge >= 0.3 is 0 Å². The first kappa shape index (κ1) is 78.8. The molecule has 107 heavy (non-hydrogen) atoms. The Morgan fingerprint density at radius 1 is 0.477 bits per heavy atom. The molecule has 6 heterocycles. The molecular weight excluding hydrogens is 1410 g/mol. The SMILES string of the molecule is C.COC[C@]12CC[C@@](C)(O)C[C@H]1CC[C@H]1[C@@H]3CC[C@H](C(=O)CBr)[C@@]3(C)CC[C@@H]12.COC[C@]12CC[C@@](C)(O)C[C@H]1CC[C@H]1[C@@H]3CC[C@H](C(=O)Cn4cc5ccncc5n4)[C@@]3(C)CC[C@@H]12.COC[C@]12CC[C@@](C)(O)C[C@H]1CC[C@H]1[C@@H]3CC[C@H](C(=O)Cn4ncc5ccncc54)[C@@]3(C)CC[C@@H]12.c1cc2cn[nH]c2cn1. The van der Waals surface area contributed by atoms with Gasteiger partial charge in [-0.25, -0.2) is 0 Å². The minimum Gasteiger partial charge on any atom is -0.390 e. The van der Waals surface area contributed by atoms with Crippen LogP contribution in [-0.4, -0.2) is 141 Å². The molecule has 0 bridgehead atoms. The highest BCUT2D eigenvalue weighted by Gasteiger charge is 2.67. The van der Waals surface area contributed by atoms with Gasteiger partial charge in [-0.15, -0.1) is 0 Å². The number of aliphatic hydroxyl groups is 3. The molecule has 18 rings (SSSR count). The summed E-state index contributed by atoms with van der Waals surface area (Å²) in [6.07, 6.45) is 46.1. The van der Waals surface area contributed by atoms with Crippen molar-refractivity contribution in [3.05, 3.63) is 74.0 Å². The number of ketones is 3. The predicted molar refractivity (Wildman–Crippen MR) is 421 cm³/mol. The Labute approximate surface area is 644 Å². The van der Waals surface area contributed by atoms with Gasteiger partial charge in [0.1, 0.15) is 17.8 Å². The van der Waals surface area contributed by atoms with Crippen LogP contribution in [0.15, 0.2) is 74.0 Å². The lowest BCUT2D eigenvalue weighted by atomic mass is 9.43. The molecule has 0 amide bonds. The van der Waals surface area contributed by atoms with Crippen molar-refractivity contribution >= 4 is 66.0 Å². The van der Waals surface area contributed by atoms with E-state index in [1.807, 2.05) is 88.3 Å². The van der Waals surface area contributed by atoms with E-state index in [0.29, 0.717) is 101 Å². The minimum absolute atomic E-state index is 0. The largest absolute Gasteiger partial charge is 0.390 e. The number of hydrogen-bond donors (Lipinski definition) is 4. The summed E-state index contributed by atoms with van der Waals surface area (Å²) >= 11 is 3.43. The number of nitrogens with one attached hydrogen (secondary N) is 1. The highest BCUT2D eigenvalue weighted by atomic mass is 79.9. The lowest BCUT2D eigenvalue weighted by Gasteiger charge is -2.62. The number of alkyl halides is 1. The van der Waals surface area contributed by atoms with Crippen LogP contribution in [0.25, 0.3) is 32.7 Å². The van der Waals surface area contributed by atoms with Crippen LogP contribution < -0.4 is 0 Å². The third-order valence-corrected chi connectivity index (χ3v) is 33.7. The number of halogens is 1. The predicted octanol–water partition coefficient (Wildman–Crippen LogP) is 16.7. The summed E-state index contributed by atoms with van der Waals surface area (Å²) in [6, 6.07) is 5.82. The van der Waals surface area contributed by atoms with Crippen LogP contribution in [0.4, 0.5) is 0 Å². The van der Waals surface area contributed by atoms with Gasteiger partial charge in [0, 0.05) is 80.0 Å². The molecule has 6 aromatic heterocycles. The number of carbonyl (C=O) groups excluding carboxylic acids is 3. The molecule has 12 saturated carbocycles. The Morgan fingerprint density at radius 3 is 1.34 bits per heavy atom. The number of ether oxygens (including phenoxy) is 3. The van der Waals surface area contributed by atoms with Crippen molar-refractivity contribution in [1.82, 2.24) is 44.7 Å². The normalized spacial score (nSPS) is 42.0. The van der Waals surface area contributed by atoms with Crippen LogP contribution in [0.3, 0.4) is 0 Å². The number of fused-ring (bicyclic) bond motifs is 18. The Hall–Kier alpha value is -4.89. The van der Waals surface area contributed by atoms with Gasteiger partial charge in [-0.3, -0.25) is 43.8 Å². The molecule has 12 aliphatic carbocycles. The van der Waals surface area contributed by atoms with Crippen molar-refractivity contribution in [1.29, 1.82) is 0 Å². The van der Waals surface area contributed by atoms with Gasteiger partial charge in [-0.2, -0.15) is 15.3 Å². The zero-order valence-electron chi connectivity index (χ0n) is 65.2. The van der Waals surface area contributed by atoms with Crippen LogP contribution in [0.1, 0.15) is 222 Å². The standard InChI is InChI=1S/2C29H41N3O3.C23H37BrO3.C6H5N3.CH4/c1-27(34)11-12-29(18-35-3)20(14-27)4-5-21-22-6-7-24(28(22,2)10-8-23(21)29)26(33)17-32-16-19-9-13-30-15-25(19)31-32;1-27(34)11-12-29(18-35-3)20(14-27)4-5-21-22-6-7-24(28(22,2)10-8-23(21)29)26(33)17-32-25-16-30-13-9-19(25)15-31-32;1-21(26)10-11-23(14-27-3)15(12-21)4-5-16-17-6-7-19(20(25)13-24)22(17,2)9-8-18(16)23;1-2-7-4-6-5(1)3-8-9-6;/h2*9,13,15-16,20-24,34H,4-8,10-12,14,17-18H2,1-3H3;15-19,26H,4-14H2,1-3H3;1-4H,(H,8,9);1H4/t2*20-,21+,22+,23+,24-,27-,28+,29-;15-,16+,17+,18+,19-,21-,22+,23-;;/m111../s1. The van der Waals surface area contributed by atoms with Gasteiger partial charge in [0.2, 0.25) is 0 Å². The molecule has 24 atom stereocenters. The number of carbonyl (C=O) groups is 3. The maximum atomic E-state index is 13.7. The van der Waals surface area contributed by atoms with E-state index < -0.39 is 16.8 Å². The second kappa shape index (κ2) is 30.6. The number of H-pyrrole nitrogens is 1. The molecule has 586 valence electrons. The lowest BCUT2D eigenvalue weighted by molar-refractivity contribution is -0.175. The fourth-order valence-corrected chi connectivity index (χ4v) is 28.8. The van der Waals surface area contributed by atoms with Gasteiger partial charge in [0.05, 0.1) is 90.5 Å². The molecule has 18 nitrogen and oxygen atoms in total. The van der Waals surface area contributed by atoms with Crippen LogP contribution in [0.5, 0.6) is 0 Å². The molecule has 12 aliphatic rings. The van der Waals surface area contributed by atoms with E-state index in [-0.39, 0.29) is 57.7 Å². The number of methoxy groups -OCH3 is 3. The molecule has 4 N–H and O–H groups in total. The monoisotopic (exact) mass is 1530 g/mol. The van der Waals surface area contributed by atoms with Crippen molar-refractivity contribution in [2.75, 3.05) is 46.5 Å². The number of pyridine rings is 3. The Morgan fingerprint density at radius 2 is 0.897 bits per heavy atom. The summed E-state index contributed by atoms with van der Waals surface area (Å²) in [6.45, 7) is 16.6. The van der Waals surface area contributed by atoms with E-state index in [1.54, 1.807) is 37.2 Å². The molecule has 0 aliphatic heterocycles. The van der Waals surface area contributed by atoms with E-state index in [0.717, 1.165) is 148 Å². The Bertz CT molecular complexity index is 4040. The van der Waals surface area contributed by atoms with Gasteiger partial charge in [-0.05, 0) is 316 Å². The summed E-state index contributed by atoms with van der Waals surface area (Å²) in [5.41, 5.74) is 2.24. The third-order valence-electron chi connectivity index (χ3n) is 33.2. The number of hydrogen-bond acceptors (Lipinski definition) is 15. The number of nitrogens with zero attached hydrogens (tertiary/aromatic N) is 8. The van der Waals surface area contributed by atoms with E-state index in [9.17, 15) is 29.7 Å². The smallest absolute Gasteiger partial charge is 0.157 e. The molecule has 6 aromatic rings. The second-order valence-electron chi connectivity index (χ2n) is 38.4. The number of rotatable bonds is 14. The van der Waals surface area contributed by atoms with Gasteiger partial charge < -0.3 is 29.5 Å². The number of aromatic amines is 1. The van der Waals surface area contributed by atoms with Crippen LogP contribution in [-0.2, 0) is 41.7 Å². The summed E-state index contributed by atoms with van der Waals surface area (Å²) in [4.78, 5) is 52.3. The van der Waals surface area contributed by atoms with Crippen LogP contribution >= 0.6 is 15.9 Å². The minimum atomic E-state index is -0.533. The summed E-state index contributed by atoms with van der Waals surface area (Å²) < 4.78 is 21.3. The van der Waals surface area contributed by atoms with Crippen molar-refractivity contribution in [3.63, 3.8) is 0 Å². The quantitative estimate of drug-likeness (QED) is 0.0741. The molecule has 0 aromatic carbocycles. The lowest BCUT2D eigenvalue weighted by Crippen LogP contribution is -2.58.